The molecule has 0 saturated carbocycles. The second-order valence-electron chi connectivity index (χ2n) is 10.7. The number of rotatable bonds is 8. The van der Waals surface area contributed by atoms with Gasteiger partial charge in [-0.2, -0.15) is 5.26 Å². The lowest BCUT2D eigenvalue weighted by molar-refractivity contribution is -0.142. The normalized spacial score (nSPS) is 13.0. The highest BCUT2D eigenvalue weighted by atomic mass is 16.6. The molecule has 0 aliphatic carbocycles. The summed E-state index contributed by atoms with van der Waals surface area (Å²) in [5, 5.41) is 25.7. The second kappa shape index (κ2) is 12.3. The van der Waals surface area contributed by atoms with E-state index in [1.807, 2.05) is 12.1 Å². The molecule has 2 atom stereocenters. The van der Waals surface area contributed by atoms with Crippen LogP contribution in [0.3, 0.4) is 0 Å². The van der Waals surface area contributed by atoms with E-state index in [0.717, 1.165) is 10.5 Å². The summed E-state index contributed by atoms with van der Waals surface area (Å²) in [4.78, 5) is 41.2. The molecule has 2 rings (SSSR count). The van der Waals surface area contributed by atoms with Gasteiger partial charge in [0.2, 0.25) is 11.8 Å². The summed E-state index contributed by atoms with van der Waals surface area (Å²) in [7, 11) is 0. The second-order valence-corrected chi connectivity index (χ2v) is 10.7. The molecule has 0 saturated heterocycles. The van der Waals surface area contributed by atoms with Gasteiger partial charge in [0.25, 0.3) is 0 Å². The number of nitrogens with zero attached hydrogens (tertiary/aromatic N) is 2. The SMILES string of the molecule is CC(C)(C)NC(=O)C(c1ccccc1O)N(CC#N)C(=O)C(Cc1ccccc1)NC(=O)OC(C)(C)C. The summed E-state index contributed by atoms with van der Waals surface area (Å²) in [6.45, 7) is 9.99. The number of hydrogen-bond donors (Lipinski definition) is 3. The summed E-state index contributed by atoms with van der Waals surface area (Å²) >= 11 is 0. The van der Waals surface area contributed by atoms with Gasteiger partial charge in [0, 0.05) is 17.5 Å². The van der Waals surface area contributed by atoms with Crippen LogP contribution in [0, 0.1) is 11.3 Å². The molecule has 37 heavy (non-hydrogen) atoms. The fourth-order valence-electron chi connectivity index (χ4n) is 3.68. The number of alkyl carbamates (subject to hydrolysis) is 1. The molecule has 0 heterocycles. The van der Waals surface area contributed by atoms with E-state index >= 15 is 0 Å². The van der Waals surface area contributed by atoms with Crippen LogP contribution >= 0.6 is 0 Å². The largest absolute Gasteiger partial charge is 0.508 e. The van der Waals surface area contributed by atoms with Crippen LogP contribution in [0.5, 0.6) is 5.75 Å². The van der Waals surface area contributed by atoms with Gasteiger partial charge in [-0.15, -0.1) is 0 Å². The Morgan fingerprint density at radius 3 is 2.14 bits per heavy atom. The molecular weight excluding hydrogens is 472 g/mol. The number of phenols is 1. The minimum Gasteiger partial charge on any atom is -0.508 e. The number of amides is 3. The lowest BCUT2D eigenvalue weighted by Gasteiger charge is -2.34. The molecule has 0 radical (unpaired) electrons. The van der Waals surface area contributed by atoms with Crippen molar-refractivity contribution in [3.05, 3.63) is 65.7 Å². The van der Waals surface area contributed by atoms with Crippen molar-refractivity contribution >= 4 is 17.9 Å². The Kier molecular flexibility index (Phi) is 9.67. The minimum atomic E-state index is -1.33. The van der Waals surface area contributed by atoms with Gasteiger partial charge in [-0.3, -0.25) is 9.59 Å². The van der Waals surface area contributed by atoms with Crippen LogP contribution in [-0.2, 0) is 20.7 Å². The van der Waals surface area contributed by atoms with E-state index in [0.29, 0.717) is 0 Å². The number of aromatic hydroxyl groups is 1. The van der Waals surface area contributed by atoms with Crippen molar-refractivity contribution in [2.24, 2.45) is 0 Å². The van der Waals surface area contributed by atoms with Gasteiger partial charge in [0.05, 0.1) is 6.07 Å². The van der Waals surface area contributed by atoms with Crippen molar-refractivity contribution in [1.82, 2.24) is 15.5 Å². The first-order valence-corrected chi connectivity index (χ1v) is 12.0. The topological polar surface area (TPSA) is 132 Å². The number of ether oxygens (including phenoxy) is 1. The van der Waals surface area contributed by atoms with Gasteiger partial charge in [-0.25, -0.2) is 4.79 Å². The molecule has 0 aliphatic rings. The standard InChI is InChI=1S/C28H36N4O5/c1-27(2,3)31-24(34)23(20-14-10-11-15-22(20)33)32(17-16-29)25(35)21(18-19-12-8-7-9-13-19)30-26(36)37-28(4,5)6/h7-15,21,23,33H,17-18H2,1-6H3,(H,30,36)(H,31,34). The summed E-state index contributed by atoms with van der Waals surface area (Å²) < 4.78 is 5.37. The van der Waals surface area contributed by atoms with E-state index in [2.05, 4.69) is 10.6 Å². The lowest BCUT2D eigenvalue weighted by atomic mass is 9.98. The predicted octanol–water partition coefficient (Wildman–Crippen LogP) is 3.84. The highest BCUT2D eigenvalue weighted by molar-refractivity contribution is 5.93. The number of carbonyl (C=O) groups is 3. The Bertz CT molecular complexity index is 1130. The lowest BCUT2D eigenvalue weighted by Crippen LogP contribution is -2.55. The first kappa shape index (κ1) is 29.2. The third-order valence-corrected chi connectivity index (χ3v) is 5.09. The molecule has 2 unspecified atom stereocenters. The van der Waals surface area contributed by atoms with Crippen LogP contribution in [0.25, 0.3) is 0 Å². The van der Waals surface area contributed by atoms with E-state index in [9.17, 15) is 24.8 Å². The molecule has 3 amide bonds. The van der Waals surface area contributed by atoms with E-state index in [4.69, 9.17) is 4.74 Å². The molecule has 9 heteroatoms. The van der Waals surface area contributed by atoms with Crippen LogP contribution in [0.2, 0.25) is 0 Å². The molecule has 198 valence electrons. The monoisotopic (exact) mass is 508 g/mol. The van der Waals surface area contributed by atoms with Gasteiger partial charge >= 0.3 is 6.09 Å². The van der Waals surface area contributed by atoms with Crippen molar-refractivity contribution in [3.63, 3.8) is 0 Å². The number of nitriles is 1. The zero-order valence-corrected chi connectivity index (χ0v) is 22.2. The van der Waals surface area contributed by atoms with Crippen molar-refractivity contribution < 1.29 is 24.2 Å². The van der Waals surface area contributed by atoms with Crippen LogP contribution in [-0.4, -0.2) is 51.6 Å². The molecule has 0 aliphatic heterocycles. The summed E-state index contributed by atoms with van der Waals surface area (Å²) in [6, 6.07) is 14.7. The molecular formula is C28H36N4O5. The van der Waals surface area contributed by atoms with Crippen LogP contribution in [0.15, 0.2) is 54.6 Å². The molecule has 0 aromatic heterocycles. The molecule has 0 fully saturated rings. The van der Waals surface area contributed by atoms with E-state index in [1.165, 1.54) is 12.1 Å². The Hall–Kier alpha value is -4.06. The van der Waals surface area contributed by atoms with Crippen molar-refractivity contribution in [2.75, 3.05) is 6.54 Å². The molecule has 3 N–H and O–H groups in total. The van der Waals surface area contributed by atoms with E-state index in [1.54, 1.807) is 77.9 Å². The molecule has 0 spiro atoms. The van der Waals surface area contributed by atoms with E-state index in [-0.39, 0.29) is 17.7 Å². The van der Waals surface area contributed by atoms with Crippen LogP contribution < -0.4 is 10.6 Å². The fourth-order valence-corrected chi connectivity index (χ4v) is 3.68. The fraction of sp³-hybridized carbons (Fsp3) is 0.429. The Labute approximate surface area is 218 Å². The number of benzene rings is 2. The van der Waals surface area contributed by atoms with Crippen LogP contribution in [0.1, 0.15) is 58.7 Å². The third-order valence-electron chi connectivity index (χ3n) is 5.09. The summed E-state index contributed by atoms with van der Waals surface area (Å²) in [5.74, 6) is -1.45. The van der Waals surface area contributed by atoms with Crippen LogP contribution in [0.4, 0.5) is 4.79 Å². The summed E-state index contributed by atoms with van der Waals surface area (Å²) in [6.07, 6.45) is -0.716. The smallest absolute Gasteiger partial charge is 0.408 e. The number of hydrogen-bond acceptors (Lipinski definition) is 6. The Morgan fingerprint density at radius 2 is 1.59 bits per heavy atom. The van der Waals surface area contributed by atoms with E-state index < -0.39 is 47.7 Å². The number of nitrogens with one attached hydrogen (secondary N) is 2. The Morgan fingerprint density at radius 1 is 1.00 bits per heavy atom. The number of para-hydroxylation sites is 1. The van der Waals surface area contributed by atoms with Gasteiger partial charge in [0.1, 0.15) is 30.0 Å². The highest BCUT2D eigenvalue weighted by Gasteiger charge is 2.38. The molecule has 2 aromatic rings. The maximum absolute atomic E-state index is 14.0. The maximum atomic E-state index is 14.0. The third kappa shape index (κ3) is 9.15. The van der Waals surface area contributed by atoms with Crippen molar-refractivity contribution in [1.29, 1.82) is 5.26 Å². The number of carbonyl (C=O) groups excluding carboxylic acids is 3. The highest BCUT2D eigenvalue weighted by Crippen LogP contribution is 2.30. The zero-order valence-electron chi connectivity index (χ0n) is 22.2. The van der Waals surface area contributed by atoms with Gasteiger partial charge in [-0.1, -0.05) is 48.5 Å². The van der Waals surface area contributed by atoms with Gasteiger partial charge in [-0.05, 0) is 53.2 Å². The zero-order chi connectivity index (χ0) is 27.8. The molecule has 9 nitrogen and oxygen atoms in total. The first-order chi connectivity index (χ1) is 17.2. The first-order valence-electron chi connectivity index (χ1n) is 12.0. The summed E-state index contributed by atoms with van der Waals surface area (Å²) in [5.41, 5.74) is -0.545. The number of phenolic OH excluding ortho intramolecular Hbond substituents is 1. The van der Waals surface area contributed by atoms with Gasteiger partial charge < -0.3 is 25.4 Å². The minimum absolute atomic E-state index is 0.0925. The molecule has 0 bridgehead atoms. The average molecular weight is 509 g/mol. The van der Waals surface area contributed by atoms with Crippen molar-refractivity contribution in [2.45, 2.75) is 71.2 Å². The van der Waals surface area contributed by atoms with Gasteiger partial charge in [0.15, 0.2) is 0 Å². The molecule has 2 aromatic carbocycles. The predicted molar refractivity (Wildman–Crippen MR) is 139 cm³/mol. The quantitative estimate of drug-likeness (QED) is 0.464. The average Bonchev–Trinajstić information content (AvgIpc) is 2.77. The Balaban J connectivity index is 2.55. The maximum Gasteiger partial charge on any atom is 0.408 e. The van der Waals surface area contributed by atoms with Crippen molar-refractivity contribution in [3.8, 4) is 11.8 Å².